The summed E-state index contributed by atoms with van der Waals surface area (Å²) in [6.07, 6.45) is 0.551. The third kappa shape index (κ3) is 8.11. The lowest BCUT2D eigenvalue weighted by Crippen LogP contribution is -2.45. The monoisotopic (exact) mass is 440 g/mol. The molecular formula is C19H24N2O8S. The van der Waals surface area contributed by atoms with Crippen LogP contribution in [0.3, 0.4) is 0 Å². The number of carbonyl (C=O) groups is 3. The molecule has 0 spiro atoms. The summed E-state index contributed by atoms with van der Waals surface area (Å²) < 4.78 is 14.7. The van der Waals surface area contributed by atoms with Crippen LogP contribution < -0.4 is 5.32 Å². The maximum Gasteiger partial charge on any atom is 0.408 e. The first-order chi connectivity index (χ1) is 14.0. The second-order valence-corrected chi connectivity index (χ2v) is 7.92. The average molecular weight is 440 g/mol. The Labute approximate surface area is 178 Å². The Bertz CT molecular complexity index is 819. The summed E-state index contributed by atoms with van der Waals surface area (Å²) in [6.45, 7) is 8.39. The van der Waals surface area contributed by atoms with E-state index in [0.717, 1.165) is 24.9 Å². The van der Waals surface area contributed by atoms with Gasteiger partial charge in [-0.25, -0.2) is 14.4 Å². The topological polar surface area (TPSA) is 134 Å². The zero-order valence-electron chi connectivity index (χ0n) is 17.1. The van der Waals surface area contributed by atoms with Crippen molar-refractivity contribution in [3.8, 4) is 0 Å². The molecular weight excluding hydrogens is 416 g/mol. The Morgan fingerprint density at radius 3 is 2.53 bits per heavy atom. The van der Waals surface area contributed by atoms with Crippen LogP contribution in [0.4, 0.5) is 10.5 Å². The zero-order chi connectivity index (χ0) is 22.9. The van der Waals surface area contributed by atoms with Gasteiger partial charge < -0.3 is 19.5 Å². The highest BCUT2D eigenvalue weighted by Gasteiger charge is 2.27. The summed E-state index contributed by atoms with van der Waals surface area (Å²) >= 11 is 0.944. The normalized spacial score (nSPS) is 11.7. The van der Waals surface area contributed by atoms with Gasteiger partial charge in [0.15, 0.2) is 0 Å². The molecule has 10 nitrogen and oxygen atoms in total. The second kappa shape index (κ2) is 11.2. The number of rotatable bonds is 9. The molecule has 164 valence electrons. The molecule has 0 aliphatic carbocycles. The molecule has 1 rings (SSSR count). The first kappa shape index (κ1) is 25.0. The van der Waals surface area contributed by atoms with Crippen LogP contribution in [0.5, 0.6) is 0 Å². The Morgan fingerprint density at radius 1 is 1.33 bits per heavy atom. The quantitative estimate of drug-likeness (QED) is 0.153. The van der Waals surface area contributed by atoms with Gasteiger partial charge in [0.05, 0.1) is 22.5 Å². The van der Waals surface area contributed by atoms with Crippen molar-refractivity contribution in [2.75, 3.05) is 19.5 Å². The fraction of sp³-hybridized carbons (Fsp3) is 0.421. The molecule has 0 aromatic heterocycles. The van der Waals surface area contributed by atoms with E-state index in [0.29, 0.717) is 0 Å². The molecule has 0 aliphatic rings. The summed E-state index contributed by atoms with van der Waals surface area (Å²) in [5.41, 5.74) is -1.11. The van der Waals surface area contributed by atoms with E-state index in [1.807, 2.05) is 0 Å². The number of thioether (sulfide) groups is 1. The largest absolute Gasteiger partial charge is 0.467 e. The van der Waals surface area contributed by atoms with Crippen molar-refractivity contribution in [3.05, 3.63) is 46.5 Å². The van der Waals surface area contributed by atoms with Crippen molar-refractivity contribution in [3.63, 3.8) is 0 Å². The van der Waals surface area contributed by atoms with Gasteiger partial charge in [-0.2, -0.15) is 0 Å². The summed E-state index contributed by atoms with van der Waals surface area (Å²) in [5, 5.41) is 13.8. The SMILES string of the molecule is C=CCOC(=O)c1ccc(SC[C@H](NC(=O)OC(C)(C)C)C(=O)OC)c([N+](=O)[O-])c1. The molecule has 0 saturated heterocycles. The molecule has 0 fully saturated rings. The zero-order valence-corrected chi connectivity index (χ0v) is 17.9. The predicted molar refractivity (Wildman–Crippen MR) is 109 cm³/mol. The number of ether oxygens (including phenoxy) is 3. The van der Waals surface area contributed by atoms with E-state index < -0.39 is 34.6 Å². The highest BCUT2D eigenvalue weighted by atomic mass is 32.2. The number of nitrogens with zero attached hydrogens (tertiary/aromatic N) is 1. The fourth-order valence-corrected chi connectivity index (χ4v) is 3.07. The van der Waals surface area contributed by atoms with Gasteiger partial charge >= 0.3 is 18.0 Å². The summed E-state index contributed by atoms with van der Waals surface area (Å²) in [5.74, 6) is -1.53. The van der Waals surface area contributed by atoms with Gasteiger partial charge in [0.25, 0.3) is 5.69 Å². The molecule has 0 bridgehead atoms. The number of methoxy groups -OCH3 is 1. The van der Waals surface area contributed by atoms with Crippen LogP contribution in [-0.4, -0.2) is 54.1 Å². The van der Waals surface area contributed by atoms with Crippen LogP contribution in [0.15, 0.2) is 35.7 Å². The van der Waals surface area contributed by atoms with E-state index in [9.17, 15) is 24.5 Å². The van der Waals surface area contributed by atoms with Gasteiger partial charge in [-0.1, -0.05) is 12.7 Å². The van der Waals surface area contributed by atoms with Crippen LogP contribution >= 0.6 is 11.8 Å². The van der Waals surface area contributed by atoms with Crippen LogP contribution in [0.25, 0.3) is 0 Å². The van der Waals surface area contributed by atoms with Gasteiger partial charge in [0.1, 0.15) is 18.2 Å². The minimum atomic E-state index is -1.10. The highest BCUT2D eigenvalue weighted by Crippen LogP contribution is 2.31. The third-order valence-electron chi connectivity index (χ3n) is 3.31. The summed E-state index contributed by atoms with van der Waals surface area (Å²) in [4.78, 5) is 46.8. The number of hydrogen-bond acceptors (Lipinski definition) is 9. The van der Waals surface area contributed by atoms with Crippen molar-refractivity contribution < 1.29 is 33.5 Å². The Morgan fingerprint density at radius 2 is 2.00 bits per heavy atom. The van der Waals surface area contributed by atoms with Gasteiger partial charge in [-0.15, -0.1) is 11.8 Å². The third-order valence-corrected chi connectivity index (χ3v) is 4.46. The van der Waals surface area contributed by atoms with E-state index in [1.54, 1.807) is 20.8 Å². The smallest absolute Gasteiger partial charge is 0.408 e. The first-order valence-corrected chi connectivity index (χ1v) is 9.73. The number of hydrogen-bond donors (Lipinski definition) is 1. The fourth-order valence-electron chi connectivity index (χ4n) is 2.06. The van der Waals surface area contributed by atoms with E-state index in [2.05, 4.69) is 16.6 Å². The number of carbonyl (C=O) groups excluding carboxylic acids is 3. The lowest BCUT2D eigenvalue weighted by atomic mass is 10.2. The average Bonchev–Trinajstić information content (AvgIpc) is 2.66. The van der Waals surface area contributed by atoms with Gasteiger partial charge in [0.2, 0.25) is 0 Å². The van der Waals surface area contributed by atoms with Crippen molar-refractivity contribution in [1.82, 2.24) is 5.32 Å². The lowest BCUT2D eigenvalue weighted by molar-refractivity contribution is -0.387. The number of amides is 1. The number of nitrogens with one attached hydrogen (secondary N) is 1. The molecule has 0 radical (unpaired) electrons. The predicted octanol–water partition coefficient (Wildman–Crippen LogP) is 3.10. The lowest BCUT2D eigenvalue weighted by Gasteiger charge is -2.22. The number of alkyl carbamates (subject to hydrolysis) is 1. The van der Waals surface area contributed by atoms with E-state index >= 15 is 0 Å². The number of nitro benzene ring substituents is 1. The molecule has 11 heteroatoms. The van der Waals surface area contributed by atoms with Crippen LogP contribution in [0.2, 0.25) is 0 Å². The number of nitro groups is 1. The van der Waals surface area contributed by atoms with Crippen molar-refractivity contribution in [2.45, 2.75) is 37.3 Å². The molecule has 1 amide bonds. The summed E-state index contributed by atoms with van der Waals surface area (Å²) in [6, 6.07) is 2.72. The Kier molecular flexibility index (Phi) is 9.31. The molecule has 30 heavy (non-hydrogen) atoms. The van der Waals surface area contributed by atoms with Crippen LogP contribution in [0.1, 0.15) is 31.1 Å². The molecule has 1 aromatic carbocycles. The van der Waals surface area contributed by atoms with Crippen LogP contribution in [0, 0.1) is 10.1 Å². The van der Waals surface area contributed by atoms with Crippen molar-refractivity contribution in [2.24, 2.45) is 0 Å². The molecule has 1 N–H and O–H groups in total. The standard InChI is InChI=1S/C19H24N2O8S/c1-6-9-28-16(22)12-7-8-15(14(10-12)21(25)26)30-11-13(17(23)27-5)20-18(24)29-19(2,3)4/h6-8,10,13H,1,9,11H2,2-5H3,(H,20,24)/t13-/m0/s1. The minimum Gasteiger partial charge on any atom is -0.467 e. The minimum absolute atomic E-state index is 0.00398. The molecule has 0 saturated carbocycles. The molecule has 0 aliphatic heterocycles. The maximum atomic E-state index is 12.0. The molecule has 1 aromatic rings. The van der Waals surface area contributed by atoms with Gasteiger partial charge in [-0.05, 0) is 32.9 Å². The Hall–Kier alpha value is -3.08. The second-order valence-electron chi connectivity index (χ2n) is 6.86. The highest BCUT2D eigenvalue weighted by molar-refractivity contribution is 7.99. The molecule has 1 atom stereocenters. The molecule has 0 unspecified atom stereocenters. The van der Waals surface area contributed by atoms with E-state index in [1.165, 1.54) is 18.2 Å². The number of benzene rings is 1. The van der Waals surface area contributed by atoms with Crippen LogP contribution in [-0.2, 0) is 19.0 Å². The van der Waals surface area contributed by atoms with E-state index in [-0.39, 0.29) is 28.5 Å². The Balaban J connectivity index is 2.98. The summed E-state index contributed by atoms with van der Waals surface area (Å²) in [7, 11) is 1.16. The van der Waals surface area contributed by atoms with Gasteiger partial charge in [0, 0.05) is 11.8 Å². The first-order valence-electron chi connectivity index (χ1n) is 8.75. The maximum absolute atomic E-state index is 12.0. The van der Waals surface area contributed by atoms with Crippen molar-refractivity contribution in [1.29, 1.82) is 0 Å². The van der Waals surface area contributed by atoms with E-state index in [4.69, 9.17) is 9.47 Å². The van der Waals surface area contributed by atoms with Crippen molar-refractivity contribution >= 4 is 35.5 Å². The number of esters is 2. The molecule has 0 heterocycles. The van der Waals surface area contributed by atoms with Gasteiger partial charge in [-0.3, -0.25) is 10.1 Å².